The Labute approximate surface area is 146 Å². The molecule has 0 spiro atoms. The number of likely N-dealkylation sites (N-methyl/N-ethyl adjacent to an activating group) is 1. The Kier molecular flexibility index (Phi) is 4.70. The molecule has 1 unspecified atom stereocenters. The molecule has 1 N–H and O–H groups in total. The number of anilines is 1. The Morgan fingerprint density at radius 2 is 2.12 bits per heavy atom. The van der Waals surface area contributed by atoms with Gasteiger partial charge in [0.25, 0.3) is 0 Å². The van der Waals surface area contributed by atoms with Gasteiger partial charge in [-0.3, -0.25) is 9.88 Å². The van der Waals surface area contributed by atoms with Crippen LogP contribution in [-0.2, 0) is 6.54 Å². The van der Waals surface area contributed by atoms with E-state index in [4.69, 9.17) is 4.42 Å². The Hall–Kier alpha value is -2.50. The molecule has 8 heteroatoms. The summed E-state index contributed by atoms with van der Waals surface area (Å²) >= 11 is 0. The van der Waals surface area contributed by atoms with Crippen molar-refractivity contribution in [2.24, 2.45) is 0 Å². The van der Waals surface area contributed by atoms with Crippen LogP contribution in [0.1, 0.15) is 28.7 Å². The molecule has 0 bridgehead atoms. The van der Waals surface area contributed by atoms with Crippen LogP contribution in [0.3, 0.4) is 0 Å². The second-order valence-corrected chi connectivity index (χ2v) is 6.52. The van der Waals surface area contributed by atoms with Crippen LogP contribution < -0.4 is 4.90 Å². The Morgan fingerprint density at radius 3 is 2.76 bits per heavy atom. The Bertz CT molecular complexity index is 812. The van der Waals surface area contributed by atoms with Crippen LogP contribution in [0.2, 0.25) is 0 Å². The summed E-state index contributed by atoms with van der Waals surface area (Å²) < 4.78 is 5.42. The smallest absolute Gasteiger partial charge is 0.230 e. The number of hydrogen-bond donors (Lipinski definition) is 1. The zero-order chi connectivity index (χ0) is 18.1. The average Bonchev–Trinajstić information content (AvgIpc) is 3.12. The first kappa shape index (κ1) is 17.3. The normalized spacial score (nSPS) is 20.3. The maximum absolute atomic E-state index is 10.5. The topological polar surface area (TPSA) is 102 Å². The zero-order valence-electron chi connectivity index (χ0n) is 14.9. The highest BCUT2D eigenvalue weighted by Gasteiger charge is 2.36. The van der Waals surface area contributed by atoms with Crippen LogP contribution >= 0.6 is 0 Å². The summed E-state index contributed by atoms with van der Waals surface area (Å²) in [6, 6.07) is 4.05. The largest absolute Gasteiger partial charge is 0.424 e. The molecule has 0 aliphatic carbocycles. The van der Waals surface area contributed by atoms with Crippen molar-refractivity contribution in [2.45, 2.75) is 39.5 Å². The van der Waals surface area contributed by atoms with E-state index in [1.807, 2.05) is 36.8 Å². The van der Waals surface area contributed by atoms with E-state index in [2.05, 4.69) is 21.3 Å². The third-order valence-electron chi connectivity index (χ3n) is 4.54. The van der Waals surface area contributed by atoms with Crippen LogP contribution in [0, 0.1) is 32.1 Å². The molecule has 0 saturated carbocycles. The Morgan fingerprint density at radius 1 is 1.36 bits per heavy atom. The lowest BCUT2D eigenvalue weighted by molar-refractivity contribution is 0.0903. The van der Waals surface area contributed by atoms with E-state index >= 15 is 0 Å². The van der Waals surface area contributed by atoms with Crippen molar-refractivity contribution in [3.8, 4) is 6.07 Å². The van der Waals surface area contributed by atoms with Gasteiger partial charge in [-0.2, -0.15) is 5.26 Å². The molecule has 132 valence electrons. The number of aromatic nitrogens is 3. The summed E-state index contributed by atoms with van der Waals surface area (Å²) in [4.78, 5) is 8.41. The number of rotatable bonds is 4. The van der Waals surface area contributed by atoms with E-state index in [1.54, 1.807) is 6.92 Å². The van der Waals surface area contributed by atoms with E-state index in [1.165, 1.54) is 0 Å². The lowest BCUT2D eigenvalue weighted by atomic mass is 10.1. The molecule has 2 aromatic heterocycles. The second-order valence-electron chi connectivity index (χ2n) is 6.52. The molecular weight excluding hydrogens is 320 g/mol. The number of β-amino-alcohol motifs (C(OH)–C–C–N with tert-alkyl or cyclic N) is 1. The van der Waals surface area contributed by atoms with Crippen molar-refractivity contribution in [3.63, 3.8) is 0 Å². The number of aryl methyl sites for hydroxylation is 3. The first-order valence-corrected chi connectivity index (χ1v) is 8.19. The molecule has 1 aliphatic rings. The van der Waals surface area contributed by atoms with Gasteiger partial charge >= 0.3 is 0 Å². The fraction of sp³-hybridized carbons (Fsp3) is 0.529. The molecule has 3 rings (SSSR count). The van der Waals surface area contributed by atoms with Crippen molar-refractivity contribution in [1.82, 2.24) is 20.1 Å². The standard InChI is InChI=1S/C17H22N6O2/c1-10-5-14(13(6-18)11(2)19-10)23-7-15(16(24)8-23)22(4)9-17-21-20-12(3)25-17/h5,15-16,24H,7-9H2,1-4H3/t15?,16-/m1/s1. The van der Waals surface area contributed by atoms with E-state index in [0.29, 0.717) is 42.7 Å². The Balaban J connectivity index is 1.78. The predicted molar refractivity (Wildman–Crippen MR) is 90.9 cm³/mol. The van der Waals surface area contributed by atoms with Crippen molar-refractivity contribution in [2.75, 3.05) is 25.0 Å². The molecule has 1 saturated heterocycles. The van der Waals surface area contributed by atoms with Crippen molar-refractivity contribution >= 4 is 5.69 Å². The highest BCUT2D eigenvalue weighted by atomic mass is 16.4. The van der Waals surface area contributed by atoms with Gasteiger partial charge in [0, 0.05) is 25.7 Å². The van der Waals surface area contributed by atoms with Crippen molar-refractivity contribution < 1.29 is 9.52 Å². The minimum absolute atomic E-state index is 0.0903. The van der Waals surface area contributed by atoms with Crippen LogP contribution in [0.25, 0.3) is 0 Å². The fourth-order valence-corrected chi connectivity index (χ4v) is 3.33. The van der Waals surface area contributed by atoms with Gasteiger partial charge in [0.1, 0.15) is 6.07 Å². The van der Waals surface area contributed by atoms with Crippen LogP contribution in [-0.4, -0.2) is 57.5 Å². The highest BCUT2D eigenvalue weighted by Crippen LogP contribution is 2.28. The minimum atomic E-state index is -0.533. The predicted octanol–water partition coefficient (Wildman–Crippen LogP) is 0.943. The van der Waals surface area contributed by atoms with Crippen LogP contribution in [0.5, 0.6) is 0 Å². The van der Waals surface area contributed by atoms with E-state index < -0.39 is 6.10 Å². The van der Waals surface area contributed by atoms with Crippen molar-refractivity contribution in [3.05, 3.63) is 34.8 Å². The molecule has 25 heavy (non-hydrogen) atoms. The molecule has 0 amide bonds. The second kappa shape index (κ2) is 6.78. The van der Waals surface area contributed by atoms with E-state index in [9.17, 15) is 10.4 Å². The molecule has 3 heterocycles. The fourth-order valence-electron chi connectivity index (χ4n) is 3.33. The maximum Gasteiger partial charge on any atom is 0.230 e. The first-order chi connectivity index (χ1) is 11.9. The summed E-state index contributed by atoms with van der Waals surface area (Å²) in [6.07, 6.45) is -0.533. The van der Waals surface area contributed by atoms with Gasteiger partial charge < -0.3 is 14.4 Å². The molecule has 0 radical (unpaired) electrons. The SMILES string of the molecule is Cc1cc(N2CC(N(C)Cc3nnc(C)o3)[C@H](O)C2)c(C#N)c(C)n1. The van der Waals surface area contributed by atoms with Crippen LogP contribution in [0.4, 0.5) is 5.69 Å². The number of aliphatic hydroxyl groups is 1. The minimum Gasteiger partial charge on any atom is -0.424 e. The highest BCUT2D eigenvalue weighted by molar-refractivity contribution is 5.62. The van der Waals surface area contributed by atoms with Gasteiger partial charge in [-0.05, 0) is 27.0 Å². The van der Waals surface area contributed by atoms with Gasteiger partial charge in [-0.15, -0.1) is 10.2 Å². The van der Waals surface area contributed by atoms with Gasteiger partial charge in [-0.25, -0.2) is 0 Å². The summed E-state index contributed by atoms with van der Waals surface area (Å²) in [5, 5.41) is 27.8. The van der Waals surface area contributed by atoms with Gasteiger partial charge in [0.05, 0.1) is 35.6 Å². The summed E-state index contributed by atoms with van der Waals surface area (Å²) in [7, 11) is 1.92. The lowest BCUT2D eigenvalue weighted by Crippen LogP contribution is -2.40. The zero-order valence-corrected chi connectivity index (χ0v) is 14.9. The molecule has 2 atom stereocenters. The molecule has 0 aromatic carbocycles. The number of hydrogen-bond acceptors (Lipinski definition) is 8. The molecular formula is C17H22N6O2. The third-order valence-corrected chi connectivity index (χ3v) is 4.54. The number of nitrogens with zero attached hydrogens (tertiary/aromatic N) is 6. The van der Waals surface area contributed by atoms with Crippen LogP contribution in [0.15, 0.2) is 10.5 Å². The summed E-state index contributed by atoms with van der Waals surface area (Å²) in [5.41, 5.74) is 2.97. The molecule has 2 aromatic rings. The molecule has 1 aliphatic heterocycles. The first-order valence-electron chi connectivity index (χ1n) is 8.19. The van der Waals surface area contributed by atoms with Gasteiger partial charge in [0.15, 0.2) is 0 Å². The molecule has 1 fully saturated rings. The van der Waals surface area contributed by atoms with Gasteiger partial charge in [0.2, 0.25) is 11.8 Å². The van der Waals surface area contributed by atoms with E-state index in [0.717, 1.165) is 11.4 Å². The van der Waals surface area contributed by atoms with Gasteiger partial charge in [-0.1, -0.05) is 0 Å². The lowest BCUT2D eigenvalue weighted by Gasteiger charge is -2.25. The summed E-state index contributed by atoms with van der Waals surface area (Å²) in [6.45, 7) is 7.04. The molecule has 8 nitrogen and oxygen atoms in total. The average molecular weight is 342 g/mol. The third kappa shape index (κ3) is 3.48. The quantitative estimate of drug-likeness (QED) is 0.876. The maximum atomic E-state index is 10.5. The monoisotopic (exact) mass is 342 g/mol. The number of nitriles is 1. The van der Waals surface area contributed by atoms with E-state index in [-0.39, 0.29) is 6.04 Å². The number of pyridine rings is 1. The summed E-state index contributed by atoms with van der Waals surface area (Å²) in [5.74, 6) is 1.05. The van der Waals surface area contributed by atoms with Crippen molar-refractivity contribution in [1.29, 1.82) is 5.26 Å². The number of aliphatic hydroxyl groups excluding tert-OH is 1.